The largest absolute Gasteiger partial charge is 0.334 e. The summed E-state index contributed by atoms with van der Waals surface area (Å²) in [6.07, 6.45) is 5.41. The summed E-state index contributed by atoms with van der Waals surface area (Å²) in [7, 11) is 1.69. The van der Waals surface area contributed by atoms with Crippen LogP contribution >= 0.6 is 0 Å². The maximum absolute atomic E-state index is 12.2. The predicted molar refractivity (Wildman–Crippen MR) is 77.2 cm³/mol. The first-order valence-corrected chi connectivity index (χ1v) is 6.84. The normalized spacial score (nSPS) is 17.2. The predicted octanol–water partition coefficient (Wildman–Crippen LogP) is 1.98. The zero-order valence-corrected chi connectivity index (χ0v) is 12.4. The Morgan fingerprint density at radius 1 is 1.45 bits per heavy atom. The summed E-state index contributed by atoms with van der Waals surface area (Å²) >= 11 is 0. The van der Waals surface area contributed by atoms with Crippen molar-refractivity contribution >= 4 is 17.5 Å². The molecular formula is C15H21N3O2. The highest BCUT2D eigenvalue weighted by Crippen LogP contribution is 2.49. The molecule has 5 nitrogen and oxygen atoms in total. The summed E-state index contributed by atoms with van der Waals surface area (Å²) in [5, 5.41) is 2.62. The average molecular weight is 275 g/mol. The quantitative estimate of drug-likeness (QED) is 0.858. The van der Waals surface area contributed by atoms with Gasteiger partial charge in [-0.2, -0.15) is 0 Å². The van der Waals surface area contributed by atoms with E-state index in [0.717, 1.165) is 18.4 Å². The van der Waals surface area contributed by atoms with E-state index >= 15 is 0 Å². The fraction of sp³-hybridized carbons (Fsp3) is 0.533. The molecule has 1 atom stereocenters. The van der Waals surface area contributed by atoms with Gasteiger partial charge in [0.25, 0.3) is 0 Å². The third-order valence-corrected chi connectivity index (χ3v) is 4.43. The van der Waals surface area contributed by atoms with Crippen LogP contribution in [0.25, 0.3) is 0 Å². The van der Waals surface area contributed by atoms with Gasteiger partial charge in [-0.15, -0.1) is 0 Å². The molecule has 5 heteroatoms. The van der Waals surface area contributed by atoms with E-state index in [-0.39, 0.29) is 11.5 Å². The summed E-state index contributed by atoms with van der Waals surface area (Å²) in [6.45, 7) is 6.00. The number of likely N-dealkylation sites (N-methyl/N-ethyl adjacent to an activating group) is 1. The van der Waals surface area contributed by atoms with Crippen molar-refractivity contribution in [3.63, 3.8) is 0 Å². The van der Waals surface area contributed by atoms with Crippen molar-refractivity contribution in [2.75, 3.05) is 12.4 Å². The van der Waals surface area contributed by atoms with Gasteiger partial charge in [0.2, 0.25) is 0 Å². The van der Waals surface area contributed by atoms with Gasteiger partial charge in [0.1, 0.15) is 0 Å². The van der Waals surface area contributed by atoms with Crippen molar-refractivity contribution in [1.82, 2.24) is 9.88 Å². The number of pyridine rings is 1. The molecule has 0 bridgehead atoms. The minimum Gasteiger partial charge on any atom is -0.334 e. The molecule has 1 aliphatic carbocycles. The van der Waals surface area contributed by atoms with E-state index in [0.29, 0.717) is 5.69 Å². The first-order valence-electron chi connectivity index (χ1n) is 6.84. The number of rotatable bonds is 3. The van der Waals surface area contributed by atoms with E-state index in [1.807, 2.05) is 13.8 Å². The summed E-state index contributed by atoms with van der Waals surface area (Å²) in [5.41, 5.74) is 1.62. The second kappa shape index (κ2) is 5.23. The molecule has 1 heterocycles. The summed E-state index contributed by atoms with van der Waals surface area (Å²) in [6, 6.07) is 1.85. The van der Waals surface area contributed by atoms with Crippen molar-refractivity contribution in [2.45, 2.75) is 39.7 Å². The number of anilines is 1. The number of carbonyl (C=O) groups is 2. The van der Waals surface area contributed by atoms with E-state index < -0.39 is 11.8 Å². The SMILES string of the molecule is Cc1ccncc1NC(=O)C(=O)N(C)C(C)C1(C)CC1. The van der Waals surface area contributed by atoms with Gasteiger partial charge >= 0.3 is 11.8 Å². The Balaban J connectivity index is 2.02. The highest BCUT2D eigenvalue weighted by molar-refractivity contribution is 6.39. The maximum Gasteiger partial charge on any atom is 0.313 e. The van der Waals surface area contributed by atoms with Crippen molar-refractivity contribution in [1.29, 1.82) is 0 Å². The molecule has 1 aromatic heterocycles. The fourth-order valence-corrected chi connectivity index (χ4v) is 2.19. The highest BCUT2D eigenvalue weighted by atomic mass is 16.2. The van der Waals surface area contributed by atoms with Gasteiger partial charge in [0.15, 0.2) is 0 Å². The van der Waals surface area contributed by atoms with Gasteiger partial charge in [-0.05, 0) is 43.7 Å². The van der Waals surface area contributed by atoms with Crippen LogP contribution in [0.4, 0.5) is 5.69 Å². The molecule has 0 saturated heterocycles. The molecule has 20 heavy (non-hydrogen) atoms. The Labute approximate surface area is 119 Å². The number of aromatic nitrogens is 1. The summed E-state index contributed by atoms with van der Waals surface area (Å²) in [4.78, 5) is 29.7. The minimum atomic E-state index is -0.611. The van der Waals surface area contributed by atoms with Crippen LogP contribution in [0.3, 0.4) is 0 Å². The molecule has 0 aromatic carbocycles. The second-order valence-electron chi connectivity index (χ2n) is 5.89. The summed E-state index contributed by atoms with van der Waals surface area (Å²) in [5.74, 6) is -1.12. The van der Waals surface area contributed by atoms with E-state index in [1.165, 1.54) is 4.90 Å². The molecule has 1 aromatic rings. The van der Waals surface area contributed by atoms with Crippen LogP contribution in [-0.4, -0.2) is 34.8 Å². The lowest BCUT2D eigenvalue weighted by atomic mass is 9.99. The van der Waals surface area contributed by atoms with Crippen LogP contribution < -0.4 is 5.32 Å². The maximum atomic E-state index is 12.2. The summed E-state index contributed by atoms with van der Waals surface area (Å²) < 4.78 is 0. The van der Waals surface area contributed by atoms with Gasteiger partial charge in [-0.3, -0.25) is 14.6 Å². The molecule has 0 radical (unpaired) electrons. The van der Waals surface area contributed by atoms with Gasteiger partial charge in [0, 0.05) is 19.3 Å². The second-order valence-corrected chi connectivity index (χ2v) is 5.89. The molecule has 1 saturated carbocycles. The minimum absolute atomic E-state index is 0.0655. The van der Waals surface area contributed by atoms with Gasteiger partial charge in [0.05, 0.1) is 11.9 Å². The zero-order valence-electron chi connectivity index (χ0n) is 12.4. The monoisotopic (exact) mass is 275 g/mol. The molecule has 2 rings (SSSR count). The van der Waals surface area contributed by atoms with Crippen molar-refractivity contribution in [3.05, 3.63) is 24.0 Å². The van der Waals surface area contributed by atoms with Crippen LogP contribution in [0, 0.1) is 12.3 Å². The van der Waals surface area contributed by atoms with Crippen molar-refractivity contribution in [3.8, 4) is 0 Å². The van der Waals surface area contributed by atoms with Gasteiger partial charge < -0.3 is 10.2 Å². The van der Waals surface area contributed by atoms with Crippen LogP contribution in [0.2, 0.25) is 0 Å². The lowest BCUT2D eigenvalue weighted by molar-refractivity contribution is -0.144. The molecule has 2 amide bonds. The first kappa shape index (κ1) is 14.5. The number of nitrogens with zero attached hydrogens (tertiary/aromatic N) is 2. The molecule has 1 aliphatic rings. The topological polar surface area (TPSA) is 62.3 Å². The lowest BCUT2D eigenvalue weighted by Gasteiger charge is -2.29. The molecule has 1 unspecified atom stereocenters. The Hall–Kier alpha value is -1.91. The van der Waals surface area contributed by atoms with E-state index in [1.54, 1.807) is 25.5 Å². The molecule has 1 N–H and O–H groups in total. The standard InChI is InChI=1S/C15H21N3O2/c1-10-5-8-16-9-12(10)17-13(19)14(20)18(4)11(2)15(3)6-7-15/h5,8-9,11H,6-7H2,1-4H3,(H,17,19). The molecule has 0 aliphatic heterocycles. The van der Waals surface area contributed by atoms with E-state index in [2.05, 4.69) is 17.2 Å². The van der Waals surface area contributed by atoms with Crippen molar-refractivity contribution < 1.29 is 9.59 Å². The third kappa shape index (κ3) is 2.81. The Kier molecular flexibility index (Phi) is 3.79. The number of nitrogens with one attached hydrogen (secondary N) is 1. The Morgan fingerprint density at radius 2 is 2.10 bits per heavy atom. The van der Waals surface area contributed by atoms with E-state index in [9.17, 15) is 9.59 Å². The number of amides is 2. The zero-order chi connectivity index (χ0) is 14.9. The molecule has 1 fully saturated rings. The molecular weight excluding hydrogens is 254 g/mol. The van der Waals surface area contributed by atoms with Crippen LogP contribution in [0.5, 0.6) is 0 Å². The van der Waals surface area contributed by atoms with Crippen LogP contribution in [-0.2, 0) is 9.59 Å². The number of hydrogen-bond donors (Lipinski definition) is 1. The lowest BCUT2D eigenvalue weighted by Crippen LogP contribution is -2.45. The van der Waals surface area contributed by atoms with Gasteiger partial charge in [-0.25, -0.2) is 0 Å². The van der Waals surface area contributed by atoms with Crippen molar-refractivity contribution in [2.24, 2.45) is 5.41 Å². The highest BCUT2D eigenvalue weighted by Gasteiger charge is 2.45. The van der Waals surface area contributed by atoms with E-state index in [4.69, 9.17) is 0 Å². The van der Waals surface area contributed by atoms with Crippen LogP contribution in [0.15, 0.2) is 18.5 Å². The number of carbonyl (C=O) groups excluding carboxylic acids is 2. The fourth-order valence-electron chi connectivity index (χ4n) is 2.19. The molecule has 0 spiro atoms. The Morgan fingerprint density at radius 3 is 2.65 bits per heavy atom. The third-order valence-electron chi connectivity index (χ3n) is 4.43. The smallest absolute Gasteiger partial charge is 0.313 e. The number of aryl methyl sites for hydroxylation is 1. The average Bonchev–Trinajstić information content (AvgIpc) is 3.18. The van der Waals surface area contributed by atoms with Gasteiger partial charge in [-0.1, -0.05) is 6.92 Å². The Bertz CT molecular complexity index is 538. The molecule has 108 valence electrons. The number of hydrogen-bond acceptors (Lipinski definition) is 3. The first-order chi connectivity index (χ1) is 9.35. The van der Waals surface area contributed by atoms with Crippen LogP contribution in [0.1, 0.15) is 32.3 Å².